The predicted molar refractivity (Wildman–Crippen MR) is 78.8 cm³/mol. The van der Waals surface area contributed by atoms with E-state index >= 15 is 0 Å². The normalized spacial score (nSPS) is 21.5. The summed E-state index contributed by atoms with van der Waals surface area (Å²) in [4.78, 5) is 11.1. The second kappa shape index (κ2) is 6.45. The molecular formula is C16H23NO4. The molecule has 1 amide bonds. The molecule has 5 heteroatoms. The number of benzene rings is 1. The standard InChI is InChI=1S/C16H23NO4/c1-16(2,3)14(13(18)12-10-21-15(19)17-12)20-9-11-7-5-4-6-8-11/h4-8,12-14,18H,9-10H2,1-3H3,(H,17,19)/t12-,13-,14-/m0/s1. The zero-order valence-electron chi connectivity index (χ0n) is 12.7. The number of aliphatic hydroxyl groups is 1. The van der Waals surface area contributed by atoms with Crippen molar-refractivity contribution >= 4 is 6.09 Å². The SMILES string of the molecule is CC(C)(C)[C@@H](OCc1ccccc1)[C@@H](O)[C@@H]1COC(=O)N1. The van der Waals surface area contributed by atoms with Gasteiger partial charge in [0.1, 0.15) is 12.7 Å². The fourth-order valence-electron chi connectivity index (χ4n) is 2.42. The van der Waals surface area contributed by atoms with E-state index in [1.165, 1.54) is 0 Å². The molecule has 5 nitrogen and oxygen atoms in total. The van der Waals surface area contributed by atoms with Crippen molar-refractivity contribution in [2.45, 2.75) is 45.6 Å². The molecule has 3 atom stereocenters. The molecule has 21 heavy (non-hydrogen) atoms. The van der Waals surface area contributed by atoms with E-state index < -0.39 is 24.3 Å². The van der Waals surface area contributed by atoms with E-state index in [4.69, 9.17) is 9.47 Å². The lowest BCUT2D eigenvalue weighted by Crippen LogP contribution is -2.51. The number of cyclic esters (lactones) is 1. The minimum atomic E-state index is -0.819. The summed E-state index contributed by atoms with van der Waals surface area (Å²) in [6.45, 7) is 6.60. The zero-order valence-corrected chi connectivity index (χ0v) is 12.7. The van der Waals surface area contributed by atoms with Crippen molar-refractivity contribution < 1.29 is 19.4 Å². The summed E-state index contributed by atoms with van der Waals surface area (Å²) in [6.07, 6.45) is -1.72. The average molecular weight is 293 g/mol. The number of rotatable bonds is 5. The van der Waals surface area contributed by atoms with Crippen LogP contribution in [-0.2, 0) is 16.1 Å². The summed E-state index contributed by atoms with van der Waals surface area (Å²) in [6, 6.07) is 9.38. The van der Waals surface area contributed by atoms with Crippen molar-refractivity contribution in [3.05, 3.63) is 35.9 Å². The van der Waals surface area contributed by atoms with Gasteiger partial charge in [-0.25, -0.2) is 4.79 Å². The van der Waals surface area contributed by atoms with E-state index in [1.807, 2.05) is 51.1 Å². The van der Waals surface area contributed by atoms with E-state index in [0.717, 1.165) is 5.56 Å². The van der Waals surface area contributed by atoms with Gasteiger partial charge >= 0.3 is 6.09 Å². The third kappa shape index (κ3) is 4.19. The molecule has 1 fully saturated rings. The quantitative estimate of drug-likeness (QED) is 0.872. The molecule has 0 saturated carbocycles. The van der Waals surface area contributed by atoms with Gasteiger partial charge in [-0.15, -0.1) is 0 Å². The van der Waals surface area contributed by atoms with E-state index in [2.05, 4.69) is 5.32 Å². The van der Waals surface area contributed by atoms with Gasteiger partial charge in [0.05, 0.1) is 18.8 Å². The highest BCUT2D eigenvalue weighted by molar-refractivity contribution is 5.69. The highest BCUT2D eigenvalue weighted by Gasteiger charge is 2.40. The first-order valence-electron chi connectivity index (χ1n) is 7.15. The Kier molecular flexibility index (Phi) is 4.85. The number of hydrogen-bond acceptors (Lipinski definition) is 4. The first-order chi connectivity index (χ1) is 9.88. The summed E-state index contributed by atoms with van der Waals surface area (Å²) >= 11 is 0. The van der Waals surface area contributed by atoms with Gasteiger partial charge < -0.3 is 19.9 Å². The lowest BCUT2D eigenvalue weighted by atomic mass is 9.83. The van der Waals surface area contributed by atoms with Gasteiger partial charge in [0.25, 0.3) is 0 Å². The molecule has 0 aliphatic carbocycles. The number of aliphatic hydroxyl groups excluding tert-OH is 1. The van der Waals surface area contributed by atoms with Crippen molar-refractivity contribution in [2.75, 3.05) is 6.61 Å². The van der Waals surface area contributed by atoms with E-state index in [1.54, 1.807) is 0 Å². The van der Waals surface area contributed by atoms with E-state index in [0.29, 0.717) is 6.61 Å². The maximum Gasteiger partial charge on any atom is 0.407 e. The molecular weight excluding hydrogens is 270 g/mol. The number of carbonyl (C=O) groups excluding carboxylic acids is 1. The summed E-state index contributed by atoms with van der Waals surface area (Å²) in [7, 11) is 0. The Morgan fingerprint density at radius 1 is 1.38 bits per heavy atom. The summed E-state index contributed by atoms with van der Waals surface area (Å²) in [5.41, 5.74) is 0.785. The van der Waals surface area contributed by atoms with Crippen LogP contribution in [0.25, 0.3) is 0 Å². The fraction of sp³-hybridized carbons (Fsp3) is 0.562. The monoisotopic (exact) mass is 293 g/mol. The number of amides is 1. The smallest absolute Gasteiger partial charge is 0.407 e. The third-order valence-electron chi connectivity index (χ3n) is 3.55. The minimum Gasteiger partial charge on any atom is -0.447 e. The number of alkyl carbamates (subject to hydrolysis) is 1. The van der Waals surface area contributed by atoms with Gasteiger partial charge in [-0.05, 0) is 11.0 Å². The molecule has 1 aliphatic heterocycles. The van der Waals surface area contributed by atoms with Crippen LogP contribution in [0.2, 0.25) is 0 Å². The zero-order chi connectivity index (χ0) is 15.5. The Labute approximate surface area is 125 Å². The summed E-state index contributed by atoms with van der Waals surface area (Å²) in [5.74, 6) is 0. The lowest BCUT2D eigenvalue weighted by Gasteiger charge is -2.36. The molecule has 2 rings (SSSR count). The topological polar surface area (TPSA) is 67.8 Å². The van der Waals surface area contributed by atoms with Crippen LogP contribution in [0.4, 0.5) is 4.79 Å². The second-order valence-corrected chi connectivity index (χ2v) is 6.42. The molecule has 0 radical (unpaired) electrons. The molecule has 1 aromatic carbocycles. The third-order valence-corrected chi connectivity index (χ3v) is 3.55. The van der Waals surface area contributed by atoms with Crippen molar-refractivity contribution in [2.24, 2.45) is 5.41 Å². The molecule has 2 N–H and O–H groups in total. The van der Waals surface area contributed by atoms with Gasteiger partial charge in [-0.2, -0.15) is 0 Å². The van der Waals surface area contributed by atoms with Crippen LogP contribution in [0, 0.1) is 5.41 Å². The largest absolute Gasteiger partial charge is 0.447 e. The highest BCUT2D eigenvalue weighted by atomic mass is 16.6. The number of nitrogens with one attached hydrogen (secondary N) is 1. The van der Waals surface area contributed by atoms with Crippen molar-refractivity contribution in [3.8, 4) is 0 Å². The molecule has 1 aliphatic rings. The van der Waals surface area contributed by atoms with Crippen LogP contribution in [0.15, 0.2) is 30.3 Å². The molecule has 116 valence electrons. The lowest BCUT2D eigenvalue weighted by molar-refractivity contribution is -0.109. The van der Waals surface area contributed by atoms with Gasteiger partial charge in [-0.3, -0.25) is 0 Å². The predicted octanol–water partition coefficient (Wildman–Crippen LogP) is 2.09. The van der Waals surface area contributed by atoms with Gasteiger partial charge in [-0.1, -0.05) is 51.1 Å². The van der Waals surface area contributed by atoms with Crippen LogP contribution in [-0.4, -0.2) is 36.1 Å². The number of ether oxygens (including phenoxy) is 2. The average Bonchev–Trinajstić information content (AvgIpc) is 2.85. The van der Waals surface area contributed by atoms with E-state index in [9.17, 15) is 9.90 Å². The summed E-state index contributed by atoms with van der Waals surface area (Å²) < 4.78 is 10.8. The van der Waals surface area contributed by atoms with Crippen LogP contribution in [0.5, 0.6) is 0 Å². The second-order valence-electron chi connectivity index (χ2n) is 6.42. The molecule has 0 spiro atoms. The molecule has 1 heterocycles. The first-order valence-corrected chi connectivity index (χ1v) is 7.15. The maximum atomic E-state index is 11.1. The van der Waals surface area contributed by atoms with Gasteiger partial charge in [0, 0.05) is 0 Å². The minimum absolute atomic E-state index is 0.168. The van der Waals surface area contributed by atoms with Crippen molar-refractivity contribution in [1.29, 1.82) is 0 Å². The molecule has 0 aromatic heterocycles. The fourth-order valence-corrected chi connectivity index (χ4v) is 2.42. The Morgan fingerprint density at radius 2 is 2.05 bits per heavy atom. The Morgan fingerprint density at radius 3 is 2.57 bits per heavy atom. The Balaban J connectivity index is 2.02. The van der Waals surface area contributed by atoms with Crippen molar-refractivity contribution in [1.82, 2.24) is 5.32 Å². The molecule has 0 unspecified atom stereocenters. The van der Waals surface area contributed by atoms with Crippen LogP contribution >= 0.6 is 0 Å². The highest BCUT2D eigenvalue weighted by Crippen LogP contribution is 2.28. The van der Waals surface area contributed by atoms with Crippen LogP contribution in [0.1, 0.15) is 26.3 Å². The molecule has 1 aromatic rings. The summed E-state index contributed by atoms with van der Waals surface area (Å²) in [5, 5.41) is 13.1. The number of hydrogen-bond donors (Lipinski definition) is 2. The number of carbonyl (C=O) groups is 1. The van der Waals surface area contributed by atoms with Gasteiger partial charge in [0.2, 0.25) is 0 Å². The van der Waals surface area contributed by atoms with E-state index in [-0.39, 0.29) is 12.0 Å². The van der Waals surface area contributed by atoms with Crippen LogP contribution < -0.4 is 5.32 Å². The Bertz CT molecular complexity index is 469. The first kappa shape index (κ1) is 15.8. The maximum absolute atomic E-state index is 11.1. The molecule has 1 saturated heterocycles. The van der Waals surface area contributed by atoms with Crippen molar-refractivity contribution in [3.63, 3.8) is 0 Å². The van der Waals surface area contributed by atoms with Gasteiger partial charge in [0.15, 0.2) is 0 Å². The Hall–Kier alpha value is -1.59. The molecule has 0 bridgehead atoms. The van der Waals surface area contributed by atoms with Crippen LogP contribution in [0.3, 0.4) is 0 Å².